The Hall–Kier alpha value is -3.03. The number of hydrazone groups is 1. The largest absolute Gasteiger partial charge is 0.484 e. The normalized spacial score (nSPS) is 29.0. The predicted octanol–water partition coefficient (Wildman–Crippen LogP) is 2.91. The van der Waals surface area contributed by atoms with Gasteiger partial charge in [-0.3, -0.25) is 19.7 Å². The van der Waals surface area contributed by atoms with Gasteiger partial charge in [0, 0.05) is 11.6 Å². The second-order valence-corrected chi connectivity index (χ2v) is 7.55. The lowest BCUT2D eigenvalue weighted by Crippen LogP contribution is -2.28. The third-order valence-electron chi connectivity index (χ3n) is 5.85. The summed E-state index contributed by atoms with van der Waals surface area (Å²) in [6, 6.07) is 4.46. The van der Waals surface area contributed by atoms with Crippen molar-refractivity contribution in [1.29, 1.82) is 0 Å². The quantitative estimate of drug-likeness (QED) is 0.247. The molecule has 28 heavy (non-hydrogen) atoms. The number of allylic oxidation sites excluding steroid dienone is 2. The fourth-order valence-corrected chi connectivity index (χ4v) is 4.28. The molecule has 2 aliphatic carbocycles. The van der Waals surface area contributed by atoms with Crippen LogP contribution in [0.4, 0.5) is 5.69 Å². The van der Waals surface area contributed by atoms with Crippen molar-refractivity contribution in [2.24, 2.45) is 28.8 Å². The Labute approximate surface area is 162 Å². The van der Waals surface area contributed by atoms with Crippen molar-refractivity contribution >= 4 is 23.7 Å². The van der Waals surface area contributed by atoms with Gasteiger partial charge < -0.3 is 4.74 Å². The van der Waals surface area contributed by atoms with Crippen LogP contribution < -0.4 is 4.74 Å². The summed E-state index contributed by atoms with van der Waals surface area (Å²) in [4.78, 5) is 36.1. The van der Waals surface area contributed by atoms with E-state index in [1.54, 1.807) is 6.07 Å². The third-order valence-corrected chi connectivity index (χ3v) is 5.85. The molecule has 4 rings (SSSR count). The Morgan fingerprint density at radius 3 is 2.50 bits per heavy atom. The number of ether oxygens (including phenoxy) is 1. The molecule has 2 bridgehead atoms. The van der Waals surface area contributed by atoms with Crippen molar-refractivity contribution in [3.63, 3.8) is 0 Å². The number of amides is 2. The van der Waals surface area contributed by atoms with Gasteiger partial charge in [0.15, 0.2) is 5.75 Å². The van der Waals surface area contributed by atoms with Crippen molar-refractivity contribution in [2.45, 2.75) is 32.8 Å². The van der Waals surface area contributed by atoms with Crippen molar-refractivity contribution in [1.82, 2.24) is 5.01 Å². The molecule has 1 aromatic rings. The smallest absolute Gasteiger partial charge is 0.311 e. The van der Waals surface area contributed by atoms with Crippen LogP contribution in [0.1, 0.15) is 32.3 Å². The third kappa shape index (κ3) is 2.89. The fraction of sp³-hybridized carbons (Fsp3) is 0.450. The zero-order valence-electron chi connectivity index (χ0n) is 15.6. The van der Waals surface area contributed by atoms with E-state index in [1.165, 1.54) is 18.3 Å². The van der Waals surface area contributed by atoms with Gasteiger partial charge in [-0.15, -0.1) is 0 Å². The maximum Gasteiger partial charge on any atom is 0.311 e. The standard InChI is InChI=1S/C20H21N3O5/c1-3-11(2)28-16-7-4-12(8-15(16)23(26)27)10-21-22-19(24)17-13-5-6-14(9-13)18(17)20(22)25/h4-8,10-11,13-14,17-18H,3,9H2,1-2H3/t11-,13+,14+,17-,18+/m1/s1. The number of hydrogen-bond acceptors (Lipinski definition) is 6. The minimum Gasteiger partial charge on any atom is -0.484 e. The van der Waals surface area contributed by atoms with E-state index in [-0.39, 0.29) is 53.0 Å². The van der Waals surface area contributed by atoms with Gasteiger partial charge in [-0.05, 0) is 43.7 Å². The van der Waals surface area contributed by atoms with E-state index in [0.717, 1.165) is 17.9 Å². The molecule has 0 unspecified atom stereocenters. The number of benzene rings is 1. The number of carbonyl (C=O) groups excluding carboxylic acids is 2. The maximum absolute atomic E-state index is 12.6. The molecule has 0 aromatic heterocycles. The first kappa shape index (κ1) is 18.3. The number of carbonyl (C=O) groups is 2. The Bertz CT molecular complexity index is 879. The van der Waals surface area contributed by atoms with Crippen molar-refractivity contribution in [2.75, 3.05) is 0 Å². The van der Waals surface area contributed by atoms with Gasteiger partial charge in [0.05, 0.1) is 29.1 Å². The molecule has 2 fully saturated rings. The number of hydrogen-bond donors (Lipinski definition) is 0. The van der Waals surface area contributed by atoms with E-state index in [1.807, 2.05) is 26.0 Å². The molecule has 0 radical (unpaired) electrons. The number of imide groups is 1. The van der Waals surface area contributed by atoms with Crippen LogP contribution in [-0.2, 0) is 9.59 Å². The number of nitrogens with zero attached hydrogens (tertiary/aromatic N) is 3. The van der Waals surface area contributed by atoms with Crippen LogP contribution in [0.25, 0.3) is 0 Å². The summed E-state index contributed by atoms with van der Waals surface area (Å²) < 4.78 is 5.59. The summed E-state index contributed by atoms with van der Waals surface area (Å²) >= 11 is 0. The Morgan fingerprint density at radius 1 is 1.29 bits per heavy atom. The summed E-state index contributed by atoms with van der Waals surface area (Å²) in [5.74, 6) is -0.791. The molecule has 1 saturated carbocycles. The molecular weight excluding hydrogens is 362 g/mol. The summed E-state index contributed by atoms with van der Waals surface area (Å²) in [6.07, 6.45) is 6.77. The average Bonchev–Trinajstić information content (AvgIpc) is 3.35. The van der Waals surface area contributed by atoms with E-state index < -0.39 is 4.92 Å². The molecule has 3 aliphatic rings. The lowest BCUT2D eigenvalue weighted by Gasteiger charge is -2.13. The van der Waals surface area contributed by atoms with Crippen molar-refractivity contribution in [3.05, 3.63) is 46.0 Å². The van der Waals surface area contributed by atoms with Gasteiger partial charge in [-0.1, -0.05) is 19.1 Å². The topological polar surface area (TPSA) is 102 Å². The molecule has 1 aliphatic heterocycles. The number of nitro groups is 1. The first-order valence-corrected chi connectivity index (χ1v) is 9.46. The van der Waals surface area contributed by atoms with Crippen LogP contribution in [0.5, 0.6) is 5.75 Å². The Morgan fingerprint density at radius 2 is 1.93 bits per heavy atom. The molecule has 5 atom stereocenters. The predicted molar refractivity (Wildman–Crippen MR) is 101 cm³/mol. The molecule has 0 N–H and O–H groups in total. The van der Waals surface area contributed by atoms with Crippen LogP contribution in [0.3, 0.4) is 0 Å². The van der Waals surface area contributed by atoms with E-state index in [2.05, 4.69) is 5.10 Å². The zero-order valence-corrected chi connectivity index (χ0v) is 15.6. The van der Waals surface area contributed by atoms with Crippen LogP contribution in [-0.4, -0.2) is 34.1 Å². The lowest BCUT2D eigenvalue weighted by molar-refractivity contribution is -0.386. The van der Waals surface area contributed by atoms with E-state index in [9.17, 15) is 19.7 Å². The second kappa shape index (κ2) is 6.85. The molecule has 2 amide bonds. The summed E-state index contributed by atoms with van der Waals surface area (Å²) in [5.41, 5.74) is 0.240. The molecular formula is C20H21N3O5. The van der Waals surface area contributed by atoms with Crippen molar-refractivity contribution in [3.8, 4) is 5.75 Å². The summed E-state index contributed by atoms with van der Waals surface area (Å²) in [7, 11) is 0. The molecule has 8 heteroatoms. The van der Waals surface area contributed by atoms with Crippen LogP contribution in [0.2, 0.25) is 0 Å². The Balaban J connectivity index is 1.55. The number of fused-ring (bicyclic) bond motifs is 5. The molecule has 1 saturated heterocycles. The van der Waals surface area contributed by atoms with Gasteiger partial charge in [0.1, 0.15) is 0 Å². The van der Waals surface area contributed by atoms with E-state index >= 15 is 0 Å². The van der Waals surface area contributed by atoms with Crippen LogP contribution >= 0.6 is 0 Å². The van der Waals surface area contributed by atoms with Crippen molar-refractivity contribution < 1.29 is 19.2 Å². The number of rotatable bonds is 6. The SMILES string of the molecule is CC[C@@H](C)Oc1ccc(C=NN2C(=O)[C@@H]3[C@H](C2=O)[C@H]2C=C[C@H]3C2)cc1[N+](=O)[O-]. The Kier molecular flexibility index (Phi) is 4.49. The van der Waals surface area contributed by atoms with Gasteiger partial charge >= 0.3 is 5.69 Å². The zero-order chi connectivity index (χ0) is 20.0. The van der Waals surface area contributed by atoms with Crippen LogP contribution in [0, 0.1) is 33.8 Å². The lowest BCUT2D eigenvalue weighted by atomic mass is 9.85. The summed E-state index contributed by atoms with van der Waals surface area (Å²) in [5, 5.41) is 16.4. The number of nitro benzene ring substituents is 1. The van der Waals surface area contributed by atoms with E-state index in [4.69, 9.17) is 4.74 Å². The second-order valence-electron chi connectivity index (χ2n) is 7.55. The minimum atomic E-state index is -0.519. The molecule has 146 valence electrons. The molecule has 8 nitrogen and oxygen atoms in total. The highest BCUT2D eigenvalue weighted by Gasteiger charge is 2.59. The monoisotopic (exact) mass is 383 g/mol. The highest BCUT2D eigenvalue weighted by atomic mass is 16.6. The minimum absolute atomic E-state index is 0.115. The van der Waals surface area contributed by atoms with Gasteiger partial charge in [-0.2, -0.15) is 10.1 Å². The highest BCUT2D eigenvalue weighted by molar-refractivity contribution is 6.06. The van der Waals surface area contributed by atoms with Gasteiger partial charge in [-0.25, -0.2) is 0 Å². The molecule has 0 spiro atoms. The maximum atomic E-state index is 12.6. The van der Waals surface area contributed by atoms with Gasteiger partial charge in [0.2, 0.25) is 0 Å². The highest BCUT2D eigenvalue weighted by Crippen LogP contribution is 2.52. The first-order chi connectivity index (χ1) is 13.4. The fourth-order valence-electron chi connectivity index (χ4n) is 4.28. The molecule has 1 aromatic carbocycles. The first-order valence-electron chi connectivity index (χ1n) is 9.46. The van der Waals surface area contributed by atoms with E-state index in [0.29, 0.717) is 5.56 Å². The average molecular weight is 383 g/mol. The van der Waals surface area contributed by atoms with Crippen LogP contribution in [0.15, 0.2) is 35.5 Å². The van der Waals surface area contributed by atoms with Gasteiger partial charge in [0.25, 0.3) is 11.8 Å². The molecule has 1 heterocycles. The summed E-state index contributed by atoms with van der Waals surface area (Å²) in [6.45, 7) is 3.77.